The first-order valence-electron chi connectivity index (χ1n) is 7.44. The number of nitrogens with two attached hydrogens (primary N) is 1. The van der Waals surface area contributed by atoms with Gasteiger partial charge in [-0.25, -0.2) is 4.98 Å². The van der Waals surface area contributed by atoms with E-state index in [-0.39, 0.29) is 5.41 Å². The summed E-state index contributed by atoms with van der Waals surface area (Å²) in [7, 11) is 2.08. The average molecular weight is 292 g/mol. The predicted molar refractivity (Wildman–Crippen MR) is 84.0 cm³/mol. The van der Waals surface area contributed by atoms with Crippen molar-refractivity contribution in [3.63, 3.8) is 0 Å². The van der Waals surface area contributed by atoms with Crippen molar-refractivity contribution in [3.05, 3.63) is 29.0 Å². The highest BCUT2D eigenvalue weighted by atomic mass is 35.5. The summed E-state index contributed by atoms with van der Waals surface area (Å²) in [5.74, 6) is 1.13. The van der Waals surface area contributed by atoms with E-state index in [2.05, 4.69) is 11.6 Å². The van der Waals surface area contributed by atoms with Gasteiger partial charge in [-0.05, 0) is 43.0 Å². The van der Waals surface area contributed by atoms with Gasteiger partial charge in [-0.2, -0.15) is 0 Å². The van der Waals surface area contributed by atoms with Gasteiger partial charge in [0.2, 0.25) is 0 Å². The normalized spacial score (nSPS) is 18.6. The number of nitrogens with zero attached hydrogens (tertiary/aromatic N) is 2. The summed E-state index contributed by atoms with van der Waals surface area (Å²) in [4.78, 5) is 4.79. The highest BCUT2D eigenvalue weighted by molar-refractivity contribution is 6.31. The second-order valence-electron chi connectivity index (χ2n) is 6.16. The van der Waals surface area contributed by atoms with E-state index in [1.54, 1.807) is 0 Å². The SMILES string of the molecule is Cn1c(CC2(CN)CCCCC2)nc2ccc(Cl)cc21. The molecule has 1 heterocycles. The summed E-state index contributed by atoms with van der Waals surface area (Å²) in [5, 5.41) is 0.762. The number of aromatic nitrogens is 2. The molecule has 108 valence electrons. The molecule has 0 spiro atoms. The lowest BCUT2D eigenvalue weighted by Gasteiger charge is -2.36. The Kier molecular flexibility index (Phi) is 3.74. The highest BCUT2D eigenvalue weighted by Crippen LogP contribution is 2.38. The smallest absolute Gasteiger partial charge is 0.110 e. The Hall–Kier alpha value is -1.06. The number of aryl methyl sites for hydroxylation is 1. The minimum Gasteiger partial charge on any atom is -0.331 e. The summed E-state index contributed by atoms with van der Waals surface area (Å²) < 4.78 is 2.17. The molecule has 0 saturated heterocycles. The van der Waals surface area contributed by atoms with Crippen molar-refractivity contribution in [3.8, 4) is 0 Å². The lowest BCUT2D eigenvalue weighted by molar-refractivity contribution is 0.192. The quantitative estimate of drug-likeness (QED) is 0.937. The van der Waals surface area contributed by atoms with Crippen molar-refractivity contribution in [2.75, 3.05) is 6.54 Å². The van der Waals surface area contributed by atoms with Crippen molar-refractivity contribution < 1.29 is 0 Å². The Bertz CT molecular complexity index is 611. The van der Waals surface area contributed by atoms with Gasteiger partial charge in [0.25, 0.3) is 0 Å². The molecule has 1 aliphatic rings. The third-order valence-electron chi connectivity index (χ3n) is 4.82. The molecule has 4 heteroatoms. The highest BCUT2D eigenvalue weighted by Gasteiger charge is 2.32. The van der Waals surface area contributed by atoms with Crippen LogP contribution < -0.4 is 5.73 Å². The number of halogens is 1. The molecule has 1 saturated carbocycles. The number of rotatable bonds is 3. The van der Waals surface area contributed by atoms with E-state index in [1.165, 1.54) is 32.1 Å². The van der Waals surface area contributed by atoms with Crippen molar-refractivity contribution in [2.45, 2.75) is 38.5 Å². The van der Waals surface area contributed by atoms with E-state index in [0.29, 0.717) is 0 Å². The van der Waals surface area contributed by atoms with Crippen LogP contribution >= 0.6 is 11.6 Å². The van der Waals surface area contributed by atoms with Crippen molar-refractivity contribution in [1.29, 1.82) is 0 Å². The Morgan fingerprint density at radius 1 is 1.30 bits per heavy atom. The van der Waals surface area contributed by atoms with E-state index < -0.39 is 0 Å². The predicted octanol–water partition coefficient (Wildman–Crippen LogP) is 3.68. The van der Waals surface area contributed by atoms with Crippen LogP contribution in [0.2, 0.25) is 5.02 Å². The second-order valence-corrected chi connectivity index (χ2v) is 6.60. The summed E-state index contributed by atoms with van der Waals surface area (Å²) >= 11 is 6.09. The lowest BCUT2D eigenvalue weighted by Crippen LogP contribution is -2.35. The molecule has 1 aromatic carbocycles. The summed E-state index contributed by atoms with van der Waals surface area (Å²) in [6.07, 6.45) is 7.38. The maximum Gasteiger partial charge on any atom is 0.110 e. The maximum absolute atomic E-state index is 6.10. The molecule has 0 radical (unpaired) electrons. The first-order valence-corrected chi connectivity index (χ1v) is 7.82. The first kappa shape index (κ1) is 13.9. The molecule has 1 aliphatic carbocycles. The minimum absolute atomic E-state index is 0.247. The molecular weight excluding hydrogens is 270 g/mol. The monoisotopic (exact) mass is 291 g/mol. The van der Waals surface area contributed by atoms with E-state index in [4.69, 9.17) is 22.3 Å². The third-order valence-corrected chi connectivity index (χ3v) is 5.05. The van der Waals surface area contributed by atoms with Crippen LogP contribution in [-0.2, 0) is 13.5 Å². The zero-order valence-electron chi connectivity index (χ0n) is 12.0. The molecule has 3 rings (SSSR count). The fourth-order valence-electron chi connectivity index (χ4n) is 3.46. The van der Waals surface area contributed by atoms with Gasteiger partial charge >= 0.3 is 0 Å². The van der Waals surface area contributed by atoms with Crippen LogP contribution in [0.5, 0.6) is 0 Å². The maximum atomic E-state index is 6.10. The minimum atomic E-state index is 0.247. The number of hydrogen-bond acceptors (Lipinski definition) is 2. The Labute approximate surface area is 125 Å². The van der Waals surface area contributed by atoms with E-state index in [9.17, 15) is 0 Å². The topological polar surface area (TPSA) is 43.8 Å². The first-order chi connectivity index (χ1) is 9.63. The zero-order valence-corrected chi connectivity index (χ0v) is 12.8. The fourth-order valence-corrected chi connectivity index (χ4v) is 3.63. The summed E-state index contributed by atoms with van der Waals surface area (Å²) in [6.45, 7) is 0.761. The summed E-state index contributed by atoms with van der Waals surface area (Å²) in [5.41, 5.74) is 8.47. The van der Waals surface area contributed by atoms with Gasteiger partial charge in [0.05, 0.1) is 11.0 Å². The molecule has 0 atom stereocenters. The van der Waals surface area contributed by atoms with Gasteiger partial charge in [-0.15, -0.1) is 0 Å². The number of benzene rings is 1. The molecule has 0 bridgehead atoms. The molecule has 1 fully saturated rings. The molecule has 20 heavy (non-hydrogen) atoms. The van der Waals surface area contributed by atoms with Gasteiger partial charge in [-0.3, -0.25) is 0 Å². The van der Waals surface area contributed by atoms with Gasteiger partial charge in [0.1, 0.15) is 5.82 Å². The van der Waals surface area contributed by atoms with Crippen molar-refractivity contribution >= 4 is 22.6 Å². The number of fused-ring (bicyclic) bond motifs is 1. The molecular formula is C16H22ClN3. The van der Waals surface area contributed by atoms with Gasteiger partial charge in [0, 0.05) is 18.5 Å². The van der Waals surface area contributed by atoms with Crippen molar-refractivity contribution in [1.82, 2.24) is 9.55 Å². The van der Waals surface area contributed by atoms with E-state index in [0.717, 1.165) is 34.8 Å². The molecule has 0 aliphatic heterocycles. The Balaban J connectivity index is 1.95. The average Bonchev–Trinajstić information content (AvgIpc) is 2.76. The standard InChI is InChI=1S/C16H22ClN3/c1-20-14-9-12(17)5-6-13(14)19-15(20)10-16(11-18)7-3-2-4-8-16/h5-6,9H,2-4,7-8,10-11,18H2,1H3. The van der Waals surface area contributed by atoms with E-state index in [1.807, 2.05) is 18.2 Å². The van der Waals surface area contributed by atoms with Crippen LogP contribution in [-0.4, -0.2) is 16.1 Å². The fraction of sp³-hybridized carbons (Fsp3) is 0.562. The van der Waals surface area contributed by atoms with E-state index >= 15 is 0 Å². The lowest BCUT2D eigenvalue weighted by atomic mass is 9.71. The van der Waals surface area contributed by atoms with Gasteiger partial charge < -0.3 is 10.3 Å². The van der Waals surface area contributed by atoms with Crippen LogP contribution in [0.4, 0.5) is 0 Å². The Morgan fingerprint density at radius 2 is 2.05 bits per heavy atom. The van der Waals surface area contributed by atoms with Crippen LogP contribution in [0.15, 0.2) is 18.2 Å². The van der Waals surface area contributed by atoms with Gasteiger partial charge in [-0.1, -0.05) is 30.9 Å². The largest absolute Gasteiger partial charge is 0.331 e. The van der Waals surface area contributed by atoms with Gasteiger partial charge in [0.15, 0.2) is 0 Å². The van der Waals surface area contributed by atoms with Crippen LogP contribution in [0, 0.1) is 5.41 Å². The molecule has 2 N–H and O–H groups in total. The Morgan fingerprint density at radius 3 is 2.75 bits per heavy atom. The summed E-state index contributed by atoms with van der Waals surface area (Å²) in [6, 6.07) is 5.89. The number of imidazole rings is 1. The molecule has 0 unspecified atom stereocenters. The van der Waals surface area contributed by atoms with Crippen LogP contribution in [0.25, 0.3) is 11.0 Å². The third kappa shape index (κ3) is 2.45. The zero-order chi connectivity index (χ0) is 14.2. The van der Waals surface area contributed by atoms with Crippen LogP contribution in [0.1, 0.15) is 37.9 Å². The number of hydrogen-bond donors (Lipinski definition) is 1. The van der Waals surface area contributed by atoms with Crippen LogP contribution in [0.3, 0.4) is 0 Å². The molecule has 0 amide bonds. The second kappa shape index (κ2) is 5.38. The van der Waals surface area contributed by atoms with Crippen molar-refractivity contribution in [2.24, 2.45) is 18.2 Å². The molecule has 1 aromatic heterocycles. The molecule has 2 aromatic rings. The molecule has 3 nitrogen and oxygen atoms in total.